The zero-order valence-corrected chi connectivity index (χ0v) is 20.2. The van der Waals surface area contributed by atoms with Crippen LogP contribution < -0.4 is 9.44 Å². The maximum absolute atomic E-state index is 13.1. The van der Waals surface area contributed by atoms with Gasteiger partial charge in [-0.25, -0.2) is 26.3 Å². The lowest BCUT2D eigenvalue weighted by molar-refractivity contribution is 0.0978. The van der Waals surface area contributed by atoms with Crippen molar-refractivity contribution < 1.29 is 36.6 Å². The molecule has 2 aromatic carbocycles. The van der Waals surface area contributed by atoms with Crippen LogP contribution in [0.3, 0.4) is 0 Å². The van der Waals surface area contributed by atoms with E-state index < -0.39 is 56.9 Å². The van der Waals surface area contributed by atoms with Gasteiger partial charge >= 0.3 is 0 Å². The van der Waals surface area contributed by atoms with Crippen LogP contribution in [0, 0.1) is 0 Å². The summed E-state index contributed by atoms with van der Waals surface area (Å²) in [4.78, 5) is 25.7. The average Bonchev–Trinajstić information content (AvgIpc) is 2.83. The lowest BCUT2D eigenvalue weighted by Crippen LogP contribution is -2.37. The highest BCUT2D eigenvalue weighted by Gasteiger charge is 2.33. The summed E-state index contributed by atoms with van der Waals surface area (Å²) >= 11 is 0. The van der Waals surface area contributed by atoms with Gasteiger partial charge in [-0.2, -0.15) is 0 Å². The molecule has 34 heavy (non-hydrogen) atoms. The molecule has 0 saturated heterocycles. The molecule has 0 spiro atoms. The molecular formula is C22H26N2O8S2. The number of hydrogen-bond acceptors (Lipinski definition) is 8. The first kappa shape index (κ1) is 26.1. The molecule has 0 aromatic heterocycles. The van der Waals surface area contributed by atoms with Crippen LogP contribution in [0.1, 0.15) is 58.5 Å². The highest BCUT2D eigenvalue weighted by molar-refractivity contribution is 7.89. The number of rotatable bonds is 10. The maximum atomic E-state index is 13.1. The van der Waals surface area contributed by atoms with Crippen molar-refractivity contribution in [2.45, 2.75) is 48.6 Å². The Morgan fingerprint density at radius 3 is 1.32 bits per heavy atom. The molecule has 0 aliphatic heterocycles. The van der Waals surface area contributed by atoms with E-state index >= 15 is 0 Å². The Bertz CT molecular complexity index is 1230. The first-order valence-electron chi connectivity index (χ1n) is 10.6. The maximum Gasteiger partial charge on any atom is 0.240 e. The van der Waals surface area contributed by atoms with Crippen molar-refractivity contribution in [1.82, 2.24) is 9.44 Å². The van der Waals surface area contributed by atoms with Crippen molar-refractivity contribution in [3.8, 4) is 0 Å². The predicted molar refractivity (Wildman–Crippen MR) is 123 cm³/mol. The Hall–Kier alpha value is -2.48. The van der Waals surface area contributed by atoms with E-state index in [1.165, 1.54) is 24.3 Å². The molecule has 3 rings (SSSR count). The lowest BCUT2D eigenvalue weighted by atomic mass is 9.84. The fourth-order valence-corrected chi connectivity index (χ4v) is 6.19. The normalized spacial score (nSPS) is 15.5. The topological polar surface area (TPSA) is 167 Å². The van der Waals surface area contributed by atoms with E-state index in [0.29, 0.717) is 12.8 Å². The number of carbonyl (C=O) groups excluding carboxylic acids is 2. The fourth-order valence-electron chi connectivity index (χ4n) is 3.52. The third kappa shape index (κ3) is 4.97. The van der Waals surface area contributed by atoms with Crippen LogP contribution in [0.5, 0.6) is 0 Å². The van der Waals surface area contributed by atoms with Crippen LogP contribution in [0.2, 0.25) is 0 Å². The van der Waals surface area contributed by atoms with Crippen LogP contribution in [0.4, 0.5) is 0 Å². The molecule has 0 unspecified atom stereocenters. The third-order valence-electron chi connectivity index (χ3n) is 5.65. The second-order valence-electron chi connectivity index (χ2n) is 7.89. The highest BCUT2D eigenvalue weighted by atomic mass is 32.2. The van der Waals surface area contributed by atoms with Gasteiger partial charge < -0.3 is 10.2 Å². The summed E-state index contributed by atoms with van der Waals surface area (Å²) in [6.45, 7) is 2.60. The molecule has 1 aliphatic carbocycles. The van der Waals surface area contributed by atoms with E-state index in [-0.39, 0.29) is 32.0 Å². The largest absolute Gasteiger partial charge is 0.395 e. The molecular weight excluding hydrogens is 484 g/mol. The SMILES string of the molecule is CC[C@@H](CO)NS(=O)(=O)c1ccc2c(c1)C(=O)c1ccc(S(=O)(=O)N[C@@H](CC)CO)cc1C2=O. The van der Waals surface area contributed by atoms with Crippen LogP contribution in [-0.4, -0.2) is 63.9 Å². The summed E-state index contributed by atoms with van der Waals surface area (Å²) in [5.74, 6) is -1.23. The number of carbonyl (C=O) groups is 2. The molecule has 0 heterocycles. The summed E-state index contributed by atoms with van der Waals surface area (Å²) < 4.78 is 55.3. The molecule has 10 nitrogen and oxygen atoms in total. The van der Waals surface area contributed by atoms with Gasteiger partial charge in [-0.1, -0.05) is 13.8 Å². The molecule has 1 aliphatic rings. The van der Waals surface area contributed by atoms with Crippen molar-refractivity contribution in [1.29, 1.82) is 0 Å². The molecule has 0 fully saturated rings. The number of benzene rings is 2. The number of hydrogen-bond donors (Lipinski definition) is 4. The van der Waals surface area contributed by atoms with Crippen LogP contribution in [-0.2, 0) is 20.0 Å². The standard InChI is InChI=1S/C22H26N2O8S2/c1-3-13(11-25)23-33(29,30)15-5-7-17-19(9-15)21(27)18-8-6-16(10-20(18)22(17)28)34(31,32)24-14(4-2)12-26/h5-10,13-14,23-26H,3-4,11-12H2,1-2H3/t13-,14-/m0/s1. The van der Waals surface area contributed by atoms with E-state index in [0.717, 1.165) is 12.1 Å². The van der Waals surface area contributed by atoms with E-state index in [9.17, 15) is 36.6 Å². The number of sulfonamides is 2. The second-order valence-corrected chi connectivity index (χ2v) is 11.3. The van der Waals surface area contributed by atoms with Crippen LogP contribution >= 0.6 is 0 Å². The number of aliphatic hydroxyl groups is 2. The summed E-state index contributed by atoms with van der Waals surface area (Å²) in [5, 5.41) is 18.6. The van der Waals surface area contributed by atoms with Crippen molar-refractivity contribution in [3.63, 3.8) is 0 Å². The van der Waals surface area contributed by atoms with E-state index in [2.05, 4.69) is 9.44 Å². The van der Waals surface area contributed by atoms with Crippen molar-refractivity contribution in [2.24, 2.45) is 0 Å². The second kappa shape index (κ2) is 10.0. The fraction of sp³-hybridized carbons (Fsp3) is 0.364. The molecule has 2 atom stereocenters. The molecule has 12 heteroatoms. The number of aliphatic hydroxyl groups excluding tert-OH is 2. The number of fused-ring (bicyclic) bond motifs is 2. The molecule has 184 valence electrons. The molecule has 0 bridgehead atoms. The predicted octanol–water partition coefficient (Wildman–Crippen LogP) is 0.560. The van der Waals surface area contributed by atoms with Gasteiger partial charge in [-0.05, 0) is 49.2 Å². The minimum atomic E-state index is -4.06. The van der Waals surface area contributed by atoms with Gasteiger partial charge in [-0.3, -0.25) is 9.59 Å². The van der Waals surface area contributed by atoms with Gasteiger partial charge in [0.25, 0.3) is 0 Å². The third-order valence-corrected chi connectivity index (χ3v) is 8.69. The Labute approximate surface area is 198 Å². The quantitative estimate of drug-likeness (QED) is 0.307. The number of nitrogens with one attached hydrogen (secondary N) is 2. The Balaban J connectivity index is 2.01. The Morgan fingerprint density at radius 2 is 1.03 bits per heavy atom. The van der Waals surface area contributed by atoms with Crippen molar-refractivity contribution in [2.75, 3.05) is 13.2 Å². The monoisotopic (exact) mass is 510 g/mol. The van der Waals surface area contributed by atoms with Gasteiger partial charge in [0.05, 0.1) is 23.0 Å². The summed E-state index contributed by atoms with van der Waals surface area (Å²) in [6.07, 6.45) is 0.700. The van der Waals surface area contributed by atoms with Gasteiger partial charge in [0.2, 0.25) is 20.0 Å². The molecule has 0 amide bonds. The summed E-state index contributed by atoms with van der Waals surface area (Å²) in [5.41, 5.74) is -0.320. The van der Waals surface area contributed by atoms with Gasteiger partial charge in [0.15, 0.2) is 11.6 Å². The summed E-state index contributed by atoms with van der Waals surface area (Å²) in [6, 6.07) is 5.58. The Morgan fingerprint density at radius 1 is 0.676 bits per heavy atom. The van der Waals surface area contributed by atoms with Crippen LogP contribution in [0.15, 0.2) is 46.2 Å². The zero-order valence-electron chi connectivity index (χ0n) is 18.6. The van der Waals surface area contributed by atoms with Crippen molar-refractivity contribution in [3.05, 3.63) is 58.7 Å². The minimum absolute atomic E-state index is 0.0463. The molecule has 4 N–H and O–H groups in total. The van der Waals surface area contributed by atoms with E-state index in [4.69, 9.17) is 0 Å². The zero-order chi connectivity index (χ0) is 25.3. The van der Waals surface area contributed by atoms with E-state index in [1.807, 2.05) is 0 Å². The van der Waals surface area contributed by atoms with E-state index in [1.54, 1.807) is 13.8 Å². The number of ketones is 2. The molecule has 0 saturated carbocycles. The van der Waals surface area contributed by atoms with Gasteiger partial charge in [0.1, 0.15) is 0 Å². The molecule has 2 aromatic rings. The molecule has 0 radical (unpaired) electrons. The first-order valence-corrected chi connectivity index (χ1v) is 13.6. The van der Waals surface area contributed by atoms with Crippen molar-refractivity contribution >= 4 is 31.6 Å². The van der Waals surface area contributed by atoms with Gasteiger partial charge in [0, 0.05) is 34.3 Å². The minimum Gasteiger partial charge on any atom is -0.395 e. The van der Waals surface area contributed by atoms with Crippen LogP contribution in [0.25, 0.3) is 0 Å². The van der Waals surface area contributed by atoms with Gasteiger partial charge in [-0.15, -0.1) is 0 Å². The smallest absolute Gasteiger partial charge is 0.240 e. The Kier molecular flexibility index (Phi) is 7.70. The first-order chi connectivity index (χ1) is 16.0. The summed E-state index contributed by atoms with van der Waals surface area (Å²) in [7, 11) is -8.12. The highest BCUT2D eigenvalue weighted by Crippen LogP contribution is 2.30. The lowest BCUT2D eigenvalue weighted by Gasteiger charge is -2.20. The average molecular weight is 511 g/mol.